The van der Waals surface area contributed by atoms with E-state index in [0.717, 1.165) is 34.0 Å². The van der Waals surface area contributed by atoms with Crippen molar-refractivity contribution in [2.75, 3.05) is 13.7 Å². The lowest BCUT2D eigenvalue weighted by Gasteiger charge is -2.17. The van der Waals surface area contributed by atoms with Gasteiger partial charge in [0.05, 0.1) is 25.0 Å². The maximum absolute atomic E-state index is 12.3. The Morgan fingerprint density at radius 3 is 2.50 bits per heavy atom. The van der Waals surface area contributed by atoms with Crippen LogP contribution in [-0.4, -0.2) is 24.3 Å². The summed E-state index contributed by atoms with van der Waals surface area (Å²) in [4.78, 5) is 12.3. The number of hydrogen-bond acceptors (Lipinski definition) is 4. The van der Waals surface area contributed by atoms with E-state index in [2.05, 4.69) is 4.57 Å². The summed E-state index contributed by atoms with van der Waals surface area (Å²) in [5.74, 6) is 1.16. The molecule has 1 aromatic heterocycles. The smallest absolute Gasteiger partial charge is 0.338 e. The van der Waals surface area contributed by atoms with Crippen LogP contribution in [0, 0.1) is 6.92 Å². The lowest BCUT2D eigenvalue weighted by molar-refractivity contribution is 0.0526. The number of nitrogens with zero attached hydrogens (tertiary/aromatic N) is 1. The fraction of sp³-hybridized carbons (Fsp3) is 0.179. The second-order valence-corrected chi connectivity index (χ2v) is 8.18. The number of ether oxygens (including phenoxy) is 3. The molecule has 0 fully saturated rings. The Bertz CT molecular complexity index is 1290. The summed E-state index contributed by atoms with van der Waals surface area (Å²) in [6, 6.07) is 24.8. The van der Waals surface area contributed by atoms with Gasteiger partial charge in [-0.3, -0.25) is 0 Å². The quantitative estimate of drug-likeness (QED) is 0.261. The Hall–Kier alpha value is -3.70. The predicted octanol–water partition coefficient (Wildman–Crippen LogP) is 6.87. The highest BCUT2D eigenvalue weighted by Crippen LogP contribution is 2.36. The van der Waals surface area contributed by atoms with Crippen LogP contribution in [0.3, 0.4) is 0 Å². The third-order valence-corrected chi connectivity index (χ3v) is 5.70. The number of carbonyl (C=O) groups excluding carboxylic acids is 1. The summed E-state index contributed by atoms with van der Waals surface area (Å²) in [6.07, 6.45) is 0. The van der Waals surface area contributed by atoms with Gasteiger partial charge in [-0.05, 0) is 80.1 Å². The van der Waals surface area contributed by atoms with Crippen molar-refractivity contribution in [1.82, 2.24) is 4.57 Å². The predicted molar refractivity (Wildman–Crippen MR) is 134 cm³/mol. The molecular formula is C28H26ClNO4. The summed E-state index contributed by atoms with van der Waals surface area (Å²) in [7, 11) is 1.64. The van der Waals surface area contributed by atoms with Crippen LogP contribution in [0.25, 0.3) is 16.9 Å². The van der Waals surface area contributed by atoms with E-state index in [4.69, 9.17) is 25.8 Å². The molecule has 5 nitrogen and oxygen atoms in total. The van der Waals surface area contributed by atoms with E-state index < -0.39 is 0 Å². The normalized spacial score (nSPS) is 10.7. The molecule has 0 saturated carbocycles. The van der Waals surface area contributed by atoms with Gasteiger partial charge < -0.3 is 18.8 Å². The van der Waals surface area contributed by atoms with Crippen LogP contribution >= 0.6 is 11.6 Å². The summed E-state index contributed by atoms with van der Waals surface area (Å²) >= 11 is 6.38. The lowest BCUT2D eigenvalue weighted by Crippen LogP contribution is -2.07. The molecule has 1 heterocycles. The molecule has 34 heavy (non-hydrogen) atoms. The molecule has 6 heteroatoms. The minimum atomic E-state index is -0.345. The first-order chi connectivity index (χ1) is 16.5. The van der Waals surface area contributed by atoms with E-state index in [1.165, 1.54) is 0 Å². The van der Waals surface area contributed by atoms with E-state index in [-0.39, 0.29) is 5.97 Å². The zero-order valence-electron chi connectivity index (χ0n) is 19.4. The molecule has 174 valence electrons. The first-order valence-corrected chi connectivity index (χ1v) is 11.4. The third kappa shape index (κ3) is 5.10. The molecule has 0 amide bonds. The largest absolute Gasteiger partial charge is 0.497 e. The van der Waals surface area contributed by atoms with Gasteiger partial charge in [-0.25, -0.2) is 4.79 Å². The van der Waals surface area contributed by atoms with E-state index in [1.807, 2.05) is 79.7 Å². The molecule has 0 radical (unpaired) electrons. The third-order valence-electron chi connectivity index (χ3n) is 5.46. The SMILES string of the molecule is CCOC(=O)c1cccc(-n2c(C)ccc2-c2cc(Cl)ccc2OCc2ccc(OC)cc2)c1. The molecule has 0 spiro atoms. The first-order valence-electron chi connectivity index (χ1n) is 11.0. The summed E-state index contributed by atoms with van der Waals surface area (Å²) < 4.78 is 18.7. The van der Waals surface area contributed by atoms with Crippen molar-refractivity contribution in [2.24, 2.45) is 0 Å². The van der Waals surface area contributed by atoms with Crippen molar-refractivity contribution >= 4 is 17.6 Å². The zero-order valence-corrected chi connectivity index (χ0v) is 20.1. The molecule has 0 N–H and O–H groups in total. The van der Waals surface area contributed by atoms with Crippen LogP contribution < -0.4 is 9.47 Å². The minimum Gasteiger partial charge on any atom is -0.497 e. The van der Waals surface area contributed by atoms with Crippen LogP contribution in [-0.2, 0) is 11.3 Å². The Morgan fingerprint density at radius 1 is 0.971 bits per heavy atom. The van der Waals surface area contributed by atoms with Gasteiger partial charge in [0.15, 0.2) is 0 Å². The molecule has 0 aliphatic carbocycles. The molecule has 4 rings (SSSR count). The molecule has 0 atom stereocenters. The number of rotatable bonds is 8. The van der Waals surface area contributed by atoms with Gasteiger partial charge in [-0.2, -0.15) is 0 Å². The number of aryl methyl sites for hydroxylation is 1. The number of aromatic nitrogens is 1. The maximum Gasteiger partial charge on any atom is 0.338 e. The van der Waals surface area contributed by atoms with E-state index >= 15 is 0 Å². The fourth-order valence-electron chi connectivity index (χ4n) is 3.79. The highest BCUT2D eigenvalue weighted by Gasteiger charge is 2.16. The first kappa shape index (κ1) is 23.5. The Kier molecular flexibility index (Phi) is 7.24. The average Bonchev–Trinajstić information content (AvgIpc) is 3.25. The molecule has 0 saturated heterocycles. The van der Waals surface area contributed by atoms with Gasteiger partial charge in [-0.15, -0.1) is 0 Å². The van der Waals surface area contributed by atoms with Gasteiger partial charge in [0, 0.05) is 22.0 Å². The highest BCUT2D eigenvalue weighted by atomic mass is 35.5. The van der Waals surface area contributed by atoms with Crippen molar-refractivity contribution in [1.29, 1.82) is 0 Å². The Morgan fingerprint density at radius 2 is 1.76 bits per heavy atom. The molecule has 3 aromatic carbocycles. The topological polar surface area (TPSA) is 49.7 Å². The Labute approximate surface area is 204 Å². The van der Waals surface area contributed by atoms with E-state index in [0.29, 0.717) is 29.5 Å². The number of halogens is 1. The van der Waals surface area contributed by atoms with Crippen LogP contribution in [0.1, 0.15) is 28.5 Å². The highest BCUT2D eigenvalue weighted by molar-refractivity contribution is 6.31. The van der Waals surface area contributed by atoms with Crippen LogP contribution in [0.15, 0.2) is 78.9 Å². The fourth-order valence-corrected chi connectivity index (χ4v) is 3.96. The van der Waals surface area contributed by atoms with Crippen molar-refractivity contribution in [2.45, 2.75) is 20.5 Å². The summed E-state index contributed by atoms with van der Waals surface area (Å²) in [6.45, 7) is 4.54. The second-order valence-electron chi connectivity index (χ2n) is 7.74. The van der Waals surface area contributed by atoms with Crippen molar-refractivity contribution in [3.05, 3.63) is 101 Å². The summed E-state index contributed by atoms with van der Waals surface area (Å²) in [5.41, 5.74) is 5.15. The molecule has 0 aliphatic rings. The zero-order chi connectivity index (χ0) is 24.1. The number of hydrogen-bond donors (Lipinski definition) is 0. The number of benzene rings is 3. The van der Waals surface area contributed by atoms with Gasteiger partial charge in [0.25, 0.3) is 0 Å². The molecule has 0 unspecified atom stereocenters. The minimum absolute atomic E-state index is 0.328. The van der Waals surface area contributed by atoms with Gasteiger partial charge in [0.2, 0.25) is 0 Å². The van der Waals surface area contributed by atoms with Crippen molar-refractivity contribution < 1.29 is 19.0 Å². The monoisotopic (exact) mass is 475 g/mol. The van der Waals surface area contributed by atoms with Gasteiger partial charge in [0.1, 0.15) is 18.1 Å². The molecule has 4 aromatic rings. The Balaban J connectivity index is 1.70. The molecule has 0 bridgehead atoms. The summed E-state index contributed by atoms with van der Waals surface area (Å²) in [5, 5.41) is 0.609. The number of carbonyl (C=O) groups is 1. The van der Waals surface area contributed by atoms with Crippen molar-refractivity contribution in [3.8, 4) is 28.4 Å². The van der Waals surface area contributed by atoms with Crippen LogP contribution in [0.4, 0.5) is 0 Å². The second kappa shape index (κ2) is 10.5. The van der Waals surface area contributed by atoms with Crippen molar-refractivity contribution in [3.63, 3.8) is 0 Å². The lowest BCUT2D eigenvalue weighted by atomic mass is 10.1. The van der Waals surface area contributed by atoms with E-state index in [9.17, 15) is 4.79 Å². The average molecular weight is 476 g/mol. The van der Waals surface area contributed by atoms with Gasteiger partial charge >= 0.3 is 5.97 Å². The molecular weight excluding hydrogens is 450 g/mol. The number of esters is 1. The van der Waals surface area contributed by atoms with E-state index in [1.54, 1.807) is 20.1 Å². The standard InChI is InChI=1S/C28H26ClNO4/c1-4-33-28(31)21-6-5-7-23(16-21)30-19(2)8-14-26(30)25-17-22(29)11-15-27(25)34-18-20-9-12-24(32-3)13-10-20/h5-17H,4,18H2,1-3H3. The number of methoxy groups -OCH3 is 1. The molecule has 0 aliphatic heterocycles. The van der Waals surface area contributed by atoms with Gasteiger partial charge in [-0.1, -0.05) is 29.8 Å². The van der Waals surface area contributed by atoms with Crippen LogP contribution in [0.2, 0.25) is 5.02 Å². The maximum atomic E-state index is 12.3. The van der Waals surface area contributed by atoms with Crippen LogP contribution in [0.5, 0.6) is 11.5 Å².